The number of hydrogen-bond donors (Lipinski definition) is 0. The van der Waals surface area contributed by atoms with Crippen LogP contribution in [0.3, 0.4) is 0 Å². The van der Waals surface area contributed by atoms with Gasteiger partial charge in [-0.05, 0) is 31.4 Å². The van der Waals surface area contributed by atoms with E-state index in [0.717, 1.165) is 17.8 Å². The van der Waals surface area contributed by atoms with Crippen molar-refractivity contribution in [1.29, 1.82) is 0 Å². The van der Waals surface area contributed by atoms with Gasteiger partial charge >= 0.3 is 5.97 Å². The van der Waals surface area contributed by atoms with Crippen molar-refractivity contribution < 1.29 is 19.1 Å². The molecular formula is C23H31NO4S. The molecule has 1 aliphatic rings. The number of allylic oxidation sites excluding steroid dienone is 5. The second-order valence-corrected chi connectivity index (χ2v) is 7.86. The number of carbonyl (C=O) groups excluding carboxylic acids is 2. The lowest BCUT2D eigenvalue weighted by Crippen LogP contribution is -2.10. The summed E-state index contributed by atoms with van der Waals surface area (Å²) in [4.78, 5) is 28.0. The summed E-state index contributed by atoms with van der Waals surface area (Å²) >= 11 is 1.13. The Morgan fingerprint density at radius 2 is 1.90 bits per heavy atom. The van der Waals surface area contributed by atoms with Gasteiger partial charge in [0.25, 0.3) is 0 Å². The van der Waals surface area contributed by atoms with Crippen molar-refractivity contribution in [3.63, 3.8) is 0 Å². The molecule has 1 unspecified atom stereocenters. The van der Waals surface area contributed by atoms with Crippen LogP contribution in [-0.4, -0.2) is 30.0 Å². The van der Waals surface area contributed by atoms with Gasteiger partial charge in [-0.25, -0.2) is 9.78 Å². The monoisotopic (exact) mass is 417 g/mol. The molecule has 0 N–H and O–H groups in total. The zero-order chi connectivity index (χ0) is 20.9. The third kappa shape index (κ3) is 8.36. The number of unbranched alkanes of at least 4 members (excludes halogenated alkanes) is 5. The van der Waals surface area contributed by atoms with Gasteiger partial charge < -0.3 is 9.47 Å². The minimum absolute atomic E-state index is 0.109. The van der Waals surface area contributed by atoms with Crippen LogP contribution in [0.5, 0.6) is 0 Å². The topological polar surface area (TPSA) is 65.5 Å². The van der Waals surface area contributed by atoms with Gasteiger partial charge in [-0.15, -0.1) is 11.3 Å². The van der Waals surface area contributed by atoms with E-state index in [-0.39, 0.29) is 29.7 Å². The Kier molecular flexibility index (Phi) is 10.4. The number of aromatic nitrogens is 1. The summed E-state index contributed by atoms with van der Waals surface area (Å²) in [5.74, 6) is 0.291. The van der Waals surface area contributed by atoms with Gasteiger partial charge in [-0.1, -0.05) is 63.7 Å². The highest BCUT2D eigenvalue weighted by Gasteiger charge is 2.17. The maximum absolute atomic E-state index is 12.3. The Morgan fingerprint density at radius 3 is 2.69 bits per heavy atom. The van der Waals surface area contributed by atoms with E-state index >= 15 is 0 Å². The van der Waals surface area contributed by atoms with Crippen molar-refractivity contribution in [2.45, 2.75) is 58.8 Å². The number of nitrogens with zero attached hydrogens (tertiary/aromatic N) is 1. The molecule has 0 aromatic carbocycles. The van der Waals surface area contributed by atoms with Crippen LogP contribution in [0.4, 0.5) is 0 Å². The van der Waals surface area contributed by atoms with E-state index in [2.05, 4.69) is 24.1 Å². The van der Waals surface area contributed by atoms with Crippen molar-refractivity contribution >= 4 is 23.1 Å². The van der Waals surface area contributed by atoms with Crippen LogP contribution in [0.25, 0.3) is 0 Å². The van der Waals surface area contributed by atoms with Crippen LogP contribution >= 0.6 is 11.3 Å². The number of ketones is 1. The molecule has 6 heteroatoms. The SMILES string of the molecule is CCCCCCCCC1C=CC=C(OCC(=O)c2nc(C(=O)OCC)cs2)C=C1. The molecule has 1 aromatic heterocycles. The number of esters is 1. The third-order valence-corrected chi connectivity index (χ3v) is 5.50. The molecule has 0 saturated carbocycles. The summed E-state index contributed by atoms with van der Waals surface area (Å²) in [7, 11) is 0. The average Bonchev–Trinajstić information content (AvgIpc) is 3.11. The molecule has 0 fully saturated rings. The van der Waals surface area contributed by atoms with Crippen LogP contribution in [-0.2, 0) is 9.47 Å². The lowest BCUT2D eigenvalue weighted by molar-refractivity contribution is 0.0520. The zero-order valence-electron chi connectivity index (χ0n) is 17.4. The molecule has 0 aliphatic heterocycles. The van der Waals surface area contributed by atoms with Gasteiger partial charge in [0.2, 0.25) is 5.78 Å². The largest absolute Gasteiger partial charge is 0.485 e. The Bertz CT molecular complexity index is 748. The Morgan fingerprint density at radius 1 is 1.10 bits per heavy atom. The first kappa shape index (κ1) is 23.1. The summed E-state index contributed by atoms with van der Waals surface area (Å²) in [5.41, 5.74) is 0.161. The van der Waals surface area contributed by atoms with Gasteiger partial charge in [0.1, 0.15) is 5.76 Å². The fraction of sp³-hybridized carbons (Fsp3) is 0.522. The lowest BCUT2D eigenvalue weighted by Gasteiger charge is -2.07. The fourth-order valence-corrected chi connectivity index (χ4v) is 3.71. The van der Waals surface area contributed by atoms with Crippen molar-refractivity contribution in [3.05, 3.63) is 52.2 Å². The van der Waals surface area contributed by atoms with Gasteiger partial charge in [0.05, 0.1) is 6.61 Å². The summed E-state index contributed by atoms with van der Waals surface area (Å²) in [5, 5.41) is 1.79. The fourth-order valence-electron chi connectivity index (χ4n) is 2.99. The first-order valence-electron chi connectivity index (χ1n) is 10.5. The van der Waals surface area contributed by atoms with E-state index in [1.807, 2.05) is 18.2 Å². The first-order chi connectivity index (χ1) is 14.1. The van der Waals surface area contributed by atoms with Crippen molar-refractivity contribution in [1.82, 2.24) is 4.98 Å². The van der Waals surface area contributed by atoms with E-state index in [1.54, 1.807) is 6.92 Å². The molecule has 0 bridgehead atoms. The van der Waals surface area contributed by atoms with Crippen molar-refractivity contribution in [2.75, 3.05) is 13.2 Å². The van der Waals surface area contributed by atoms with E-state index in [4.69, 9.17) is 9.47 Å². The standard InChI is InChI=1S/C23H31NO4S/c1-3-5-6-7-8-9-11-18-12-10-13-19(15-14-18)28-16-21(25)22-24-20(17-29-22)23(26)27-4-2/h10,12-15,17-18H,3-9,11,16H2,1-2H3. The number of carbonyl (C=O) groups is 2. The molecule has 1 atom stereocenters. The van der Waals surface area contributed by atoms with Gasteiger partial charge in [0, 0.05) is 5.38 Å². The average molecular weight is 418 g/mol. The van der Waals surface area contributed by atoms with E-state index in [1.165, 1.54) is 43.9 Å². The number of ether oxygens (including phenoxy) is 2. The predicted molar refractivity (Wildman–Crippen MR) is 116 cm³/mol. The maximum Gasteiger partial charge on any atom is 0.357 e. The van der Waals surface area contributed by atoms with E-state index in [9.17, 15) is 9.59 Å². The van der Waals surface area contributed by atoms with E-state index < -0.39 is 5.97 Å². The van der Waals surface area contributed by atoms with E-state index in [0.29, 0.717) is 11.7 Å². The third-order valence-electron chi connectivity index (χ3n) is 4.61. The highest BCUT2D eigenvalue weighted by atomic mass is 32.1. The van der Waals surface area contributed by atoms with Gasteiger partial charge in [-0.2, -0.15) is 0 Å². The Labute approximate surface area is 177 Å². The van der Waals surface area contributed by atoms with Crippen molar-refractivity contribution in [3.8, 4) is 0 Å². The number of Topliss-reactive ketones (excluding diaryl/α,β-unsaturated/α-hetero) is 1. The lowest BCUT2D eigenvalue weighted by atomic mass is 9.99. The summed E-state index contributed by atoms with van der Waals surface area (Å²) in [6, 6.07) is 0. The minimum Gasteiger partial charge on any atom is -0.485 e. The normalized spacial score (nSPS) is 15.7. The molecule has 158 valence electrons. The summed E-state index contributed by atoms with van der Waals surface area (Å²) < 4.78 is 10.5. The summed E-state index contributed by atoms with van der Waals surface area (Å²) in [6.07, 6.45) is 19.0. The Hall–Kier alpha value is -2.21. The smallest absolute Gasteiger partial charge is 0.357 e. The molecule has 5 nitrogen and oxygen atoms in total. The number of rotatable bonds is 13. The zero-order valence-corrected chi connectivity index (χ0v) is 18.2. The minimum atomic E-state index is -0.514. The van der Waals surface area contributed by atoms with Crippen LogP contribution in [0, 0.1) is 5.92 Å². The molecule has 0 saturated heterocycles. The quantitative estimate of drug-likeness (QED) is 0.227. The van der Waals surface area contributed by atoms with Crippen LogP contribution in [0.1, 0.15) is 79.1 Å². The maximum atomic E-state index is 12.3. The second-order valence-electron chi connectivity index (χ2n) is 7.00. The molecule has 1 aliphatic carbocycles. The van der Waals surface area contributed by atoms with Crippen LogP contribution in [0.2, 0.25) is 0 Å². The molecular weight excluding hydrogens is 386 g/mol. The number of thiazole rings is 1. The van der Waals surface area contributed by atoms with Gasteiger partial charge in [-0.3, -0.25) is 4.79 Å². The first-order valence-corrected chi connectivity index (χ1v) is 11.4. The Balaban J connectivity index is 1.74. The highest BCUT2D eigenvalue weighted by Crippen LogP contribution is 2.19. The van der Waals surface area contributed by atoms with Gasteiger partial charge in [0.15, 0.2) is 17.3 Å². The molecule has 2 rings (SSSR count). The molecule has 0 spiro atoms. The summed E-state index contributed by atoms with van der Waals surface area (Å²) in [6.45, 7) is 4.13. The molecule has 0 amide bonds. The molecule has 0 radical (unpaired) electrons. The second kappa shape index (κ2) is 13.1. The highest BCUT2D eigenvalue weighted by molar-refractivity contribution is 7.12. The molecule has 29 heavy (non-hydrogen) atoms. The van der Waals surface area contributed by atoms with Crippen LogP contribution in [0.15, 0.2) is 41.5 Å². The predicted octanol–water partition coefficient (Wildman–Crippen LogP) is 5.90. The van der Waals surface area contributed by atoms with Crippen LogP contribution < -0.4 is 0 Å². The van der Waals surface area contributed by atoms with Crippen molar-refractivity contribution in [2.24, 2.45) is 5.92 Å². The molecule has 1 heterocycles. The number of hydrogen-bond acceptors (Lipinski definition) is 6. The molecule has 1 aromatic rings.